The predicted octanol–water partition coefficient (Wildman–Crippen LogP) is 4.42. The number of rotatable bonds is 13. The van der Waals surface area contributed by atoms with Gasteiger partial charge in [0.25, 0.3) is 0 Å². The summed E-state index contributed by atoms with van der Waals surface area (Å²) in [5.74, 6) is 2.74. The van der Waals surface area contributed by atoms with Gasteiger partial charge in [-0.3, -0.25) is 4.90 Å². The van der Waals surface area contributed by atoms with Crippen LogP contribution in [0.2, 0.25) is 0 Å². The van der Waals surface area contributed by atoms with Crippen LogP contribution in [0.1, 0.15) is 29.2 Å². The van der Waals surface area contributed by atoms with Gasteiger partial charge < -0.3 is 29.0 Å². The van der Waals surface area contributed by atoms with Crippen LogP contribution in [0.5, 0.6) is 23.0 Å². The smallest absolute Gasteiger partial charge is 0.132 e. The molecule has 1 unspecified atom stereocenters. The lowest BCUT2D eigenvalue weighted by molar-refractivity contribution is 0.0684. The maximum absolute atomic E-state index is 11.1. The number of nitrogens with zero attached hydrogens (tertiary/aromatic N) is 2. The highest BCUT2D eigenvalue weighted by Crippen LogP contribution is 2.38. The minimum absolute atomic E-state index is 0.522. The minimum atomic E-state index is -0.721. The van der Waals surface area contributed by atoms with Crippen molar-refractivity contribution >= 4 is 0 Å². The van der Waals surface area contributed by atoms with E-state index in [9.17, 15) is 5.11 Å². The molecule has 0 amide bonds. The van der Waals surface area contributed by atoms with Gasteiger partial charge in [-0.05, 0) is 23.6 Å². The Morgan fingerprint density at radius 2 is 1.39 bits per heavy atom. The van der Waals surface area contributed by atoms with Crippen LogP contribution in [0.15, 0.2) is 66.7 Å². The van der Waals surface area contributed by atoms with E-state index in [0.29, 0.717) is 36.0 Å². The first kappa shape index (κ1) is 27.8. The number of methoxy groups -OCH3 is 3. The van der Waals surface area contributed by atoms with Gasteiger partial charge in [0.05, 0.1) is 39.6 Å². The summed E-state index contributed by atoms with van der Waals surface area (Å²) >= 11 is 0. The zero-order valence-corrected chi connectivity index (χ0v) is 22.8. The van der Waals surface area contributed by atoms with Crippen LogP contribution in [-0.4, -0.2) is 82.1 Å². The van der Waals surface area contributed by atoms with Crippen molar-refractivity contribution in [3.05, 3.63) is 83.4 Å². The number of para-hydroxylation sites is 1. The molecule has 38 heavy (non-hydrogen) atoms. The fraction of sp³-hybridized carbons (Fsp3) is 0.419. The van der Waals surface area contributed by atoms with Crippen molar-refractivity contribution in [3.63, 3.8) is 0 Å². The van der Waals surface area contributed by atoms with Crippen LogP contribution < -0.4 is 18.9 Å². The van der Waals surface area contributed by atoms with E-state index in [1.165, 1.54) is 11.1 Å². The normalized spacial score (nSPS) is 15.2. The molecular weight excluding hydrogens is 480 g/mol. The SMILES string of the molecule is COc1cc(OC)c(C(O)CN2CCN(CCCOc3ccccc3Cc3ccccc3)CC2)c(OC)c1. The van der Waals surface area contributed by atoms with Gasteiger partial charge in [0.15, 0.2) is 0 Å². The standard InChI is InChI=1S/C31H40N2O5/c1-35-26-21-29(36-2)31(30(22-26)37-3)27(34)23-33-17-15-32(16-18-33)14-9-19-38-28-13-8-7-12-25(28)20-24-10-5-4-6-11-24/h4-8,10-13,21-22,27,34H,9,14-20,23H2,1-3H3. The first-order valence-electron chi connectivity index (χ1n) is 13.3. The summed E-state index contributed by atoms with van der Waals surface area (Å²) < 4.78 is 22.6. The van der Waals surface area contributed by atoms with Crippen molar-refractivity contribution < 1.29 is 24.1 Å². The Morgan fingerprint density at radius 1 is 0.763 bits per heavy atom. The van der Waals surface area contributed by atoms with E-state index in [1.54, 1.807) is 33.5 Å². The predicted molar refractivity (Wildman–Crippen MR) is 150 cm³/mol. The van der Waals surface area contributed by atoms with Crippen LogP contribution in [0.25, 0.3) is 0 Å². The Morgan fingerprint density at radius 3 is 2.05 bits per heavy atom. The van der Waals surface area contributed by atoms with Gasteiger partial charge in [-0.1, -0.05) is 48.5 Å². The monoisotopic (exact) mass is 520 g/mol. The highest BCUT2D eigenvalue weighted by Gasteiger charge is 2.25. The Labute approximate surface area is 226 Å². The number of β-amino-alcohol motifs (C(OH)–C–C–N with tert-alkyl or cyclic N) is 1. The Hall–Kier alpha value is -3.26. The molecule has 0 aromatic heterocycles. The van der Waals surface area contributed by atoms with E-state index in [1.807, 2.05) is 12.1 Å². The fourth-order valence-electron chi connectivity index (χ4n) is 4.97. The molecule has 0 aliphatic carbocycles. The van der Waals surface area contributed by atoms with Gasteiger partial charge in [-0.15, -0.1) is 0 Å². The van der Waals surface area contributed by atoms with Crippen molar-refractivity contribution in [1.82, 2.24) is 9.80 Å². The first-order chi connectivity index (χ1) is 18.6. The zero-order valence-electron chi connectivity index (χ0n) is 22.8. The molecule has 4 rings (SSSR count). The molecular formula is C31H40N2O5. The van der Waals surface area contributed by atoms with Gasteiger partial charge in [0.2, 0.25) is 0 Å². The van der Waals surface area contributed by atoms with Crippen molar-refractivity contribution in [3.8, 4) is 23.0 Å². The average molecular weight is 521 g/mol. The molecule has 0 saturated carbocycles. The van der Waals surface area contributed by atoms with Gasteiger partial charge >= 0.3 is 0 Å². The third-order valence-corrected chi connectivity index (χ3v) is 7.07. The number of hydrogen-bond donors (Lipinski definition) is 1. The van der Waals surface area contributed by atoms with Crippen LogP contribution in [0.4, 0.5) is 0 Å². The maximum atomic E-state index is 11.1. The maximum Gasteiger partial charge on any atom is 0.132 e. The number of benzene rings is 3. The highest BCUT2D eigenvalue weighted by atomic mass is 16.5. The summed E-state index contributed by atoms with van der Waals surface area (Å²) in [4.78, 5) is 4.76. The average Bonchev–Trinajstić information content (AvgIpc) is 2.96. The molecule has 7 heteroatoms. The highest BCUT2D eigenvalue weighted by molar-refractivity contribution is 5.52. The summed E-state index contributed by atoms with van der Waals surface area (Å²) in [7, 11) is 4.78. The topological polar surface area (TPSA) is 63.6 Å². The second-order valence-electron chi connectivity index (χ2n) is 9.58. The molecule has 204 valence electrons. The van der Waals surface area contributed by atoms with Crippen LogP contribution in [0.3, 0.4) is 0 Å². The van der Waals surface area contributed by atoms with Crippen molar-refractivity contribution in [1.29, 1.82) is 0 Å². The van der Waals surface area contributed by atoms with Crippen molar-refractivity contribution in [2.75, 3.05) is 67.2 Å². The molecule has 1 heterocycles. The third kappa shape index (κ3) is 7.40. The van der Waals surface area contributed by atoms with Crippen molar-refractivity contribution in [2.24, 2.45) is 0 Å². The lowest BCUT2D eigenvalue weighted by Gasteiger charge is -2.36. The molecule has 1 aliphatic heterocycles. The van der Waals surface area contributed by atoms with E-state index in [2.05, 4.69) is 52.3 Å². The summed E-state index contributed by atoms with van der Waals surface area (Å²) in [5.41, 5.74) is 3.16. The Balaban J connectivity index is 1.21. The number of ether oxygens (including phenoxy) is 4. The van der Waals surface area contributed by atoms with Crippen LogP contribution in [0, 0.1) is 0 Å². The molecule has 3 aromatic rings. The summed E-state index contributed by atoms with van der Waals surface area (Å²) in [6.45, 7) is 5.95. The molecule has 1 N–H and O–H groups in total. The molecule has 3 aromatic carbocycles. The lowest BCUT2D eigenvalue weighted by Crippen LogP contribution is -2.47. The fourth-order valence-corrected chi connectivity index (χ4v) is 4.97. The molecule has 1 aliphatic rings. The largest absolute Gasteiger partial charge is 0.496 e. The molecule has 1 atom stereocenters. The van der Waals surface area contributed by atoms with Gasteiger partial charge in [-0.2, -0.15) is 0 Å². The first-order valence-corrected chi connectivity index (χ1v) is 13.3. The van der Waals surface area contributed by atoms with E-state index >= 15 is 0 Å². The minimum Gasteiger partial charge on any atom is -0.496 e. The zero-order chi connectivity index (χ0) is 26.7. The van der Waals surface area contributed by atoms with Gasteiger partial charge in [-0.25, -0.2) is 0 Å². The van der Waals surface area contributed by atoms with Gasteiger partial charge in [0.1, 0.15) is 23.0 Å². The molecule has 7 nitrogen and oxygen atoms in total. The second-order valence-corrected chi connectivity index (χ2v) is 9.58. The van der Waals surface area contributed by atoms with E-state index in [0.717, 1.165) is 51.3 Å². The van der Waals surface area contributed by atoms with Crippen LogP contribution in [-0.2, 0) is 6.42 Å². The summed E-state index contributed by atoms with van der Waals surface area (Å²) in [6.07, 6.45) is 1.13. The number of piperazine rings is 1. The van der Waals surface area contributed by atoms with E-state index < -0.39 is 6.10 Å². The Bertz CT molecular complexity index is 1110. The van der Waals surface area contributed by atoms with E-state index in [-0.39, 0.29) is 0 Å². The summed E-state index contributed by atoms with van der Waals surface area (Å²) in [5, 5.41) is 11.1. The van der Waals surface area contributed by atoms with Crippen molar-refractivity contribution in [2.45, 2.75) is 18.9 Å². The lowest BCUT2D eigenvalue weighted by atomic mass is 10.0. The van der Waals surface area contributed by atoms with Crippen LogP contribution >= 0.6 is 0 Å². The molecule has 1 saturated heterocycles. The number of hydrogen-bond acceptors (Lipinski definition) is 7. The third-order valence-electron chi connectivity index (χ3n) is 7.07. The second kappa shape index (κ2) is 14.0. The summed E-state index contributed by atoms with van der Waals surface area (Å²) in [6, 6.07) is 22.4. The van der Waals surface area contributed by atoms with E-state index in [4.69, 9.17) is 18.9 Å². The Kier molecular flexibility index (Phi) is 10.3. The molecule has 0 spiro atoms. The number of aliphatic hydroxyl groups is 1. The quantitative estimate of drug-likeness (QED) is 0.335. The molecule has 0 bridgehead atoms. The molecule has 0 radical (unpaired) electrons. The molecule has 1 fully saturated rings. The van der Waals surface area contributed by atoms with Gasteiger partial charge in [0, 0.05) is 57.8 Å². The number of aliphatic hydroxyl groups excluding tert-OH is 1.